The maximum Gasteiger partial charge on any atom is 0.339 e. The van der Waals surface area contributed by atoms with Crippen LogP contribution in [0.1, 0.15) is 44.9 Å². The molecule has 39 heavy (non-hydrogen) atoms. The van der Waals surface area contributed by atoms with Crippen molar-refractivity contribution in [3.63, 3.8) is 0 Å². The van der Waals surface area contributed by atoms with Gasteiger partial charge in [-0.05, 0) is 36.2 Å². The third-order valence-corrected chi connectivity index (χ3v) is 6.52. The number of nitrogens with zero attached hydrogens (tertiary/aromatic N) is 2. The number of hydrogen-bond acceptors (Lipinski definition) is 6. The fourth-order valence-electron chi connectivity index (χ4n) is 4.37. The van der Waals surface area contributed by atoms with Crippen LogP contribution in [0.3, 0.4) is 0 Å². The maximum absolute atomic E-state index is 13.7. The molecule has 0 saturated carbocycles. The highest BCUT2D eigenvalue weighted by molar-refractivity contribution is 6.07. The molecule has 0 aliphatic carbocycles. The second-order valence-corrected chi connectivity index (χ2v) is 8.99. The Hall–Kier alpha value is -5.17. The number of pyridine rings is 1. The van der Waals surface area contributed by atoms with E-state index in [0.29, 0.717) is 27.7 Å². The van der Waals surface area contributed by atoms with E-state index < -0.39 is 22.8 Å². The molecule has 0 N–H and O–H groups in total. The number of carbonyl (C=O) groups excluding carboxylic acids is 2. The van der Waals surface area contributed by atoms with Gasteiger partial charge in [-0.2, -0.15) is 0 Å². The number of hydrogen-bond donors (Lipinski definition) is 0. The van der Waals surface area contributed by atoms with Crippen molar-refractivity contribution in [3.8, 4) is 11.3 Å². The summed E-state index contributed by atoms with van der Waals surface area (Å²) in [6.45, 7) is 2.08. The molecule has 0 bridgehead atoms. The van der Waals surface area contributed by atoms with E-state index in [0.717, 1.165) is 12.0 Å². The number of esters is 1. The number of carbonyl (C=O) groups is 2. The van der Waals surface area contributed by atoms with Crippen LogP contribution >= 0.6 is 0 Å². The predicted octanol–water partition coefficient (Wildman–Crippen LogP) is 7.15. The molecule has 1 atom stereocenters. The highest BCUT2D eigenvalue weighted by Gasteiger charge is 2.28. The van der Waals surface area contributed by atoms with Crippen molar-refractivity contribution in [2.75, 3.05) is 0 Å². The summed E-state index contributed by atoms with van der Waals surface area (Å²) in [5.41, 5.74) is 4.07. The molecular formula is C32H24N2O5. The van der Waals surface area contributed by atoms with E-state index in [1.807, 2.05) is 36.4 Å². The number of benzene rings is 4. The van der Waals surface area contributed by atoms with Gasteiger partial charge in [0.15, 0.2) is 6.10 Å². The Morgan fingerprint density at radius 2 is 1.54 bits per heavy atom. The van der Waals surface area contributed by atoms with E-state index in [1.54, 1.807) is 48.5 Å². The molecule has 0 radical (unpaired) electrons. The molecule has 0 spiro atoms. The van der Waals surface area contributed by atoms with Crippen molar-refractivity contribution in [1.82, 2.24) is 4.98 Å². The number of nitro benzene ring substituents is 1. The Labute approximate surface area is 224 Å². The number of nitro groups is 1. The van der Waals surface area contributed by atoms with E-state index in [-0.39, 0.29) is 11.3 Å². The lowest BCUT2D eigenvalue weighted by molar-refractivity contribution is -0.384. The van der Waals surface area contributed by atoms with Crippen molar-refractivity contribution in [2.45, 2.75) is 19.4 Å². The number of Topliss-reactive ketones (excluding diaryl/α,β-unsaturated/α-hetero) is 1. The number of rotatable bonds is 8. The lowest BCUT2D eigenvalue weighted by atomic mass is 9.99. The molecule has 1 heterocycles. The Morgan fingerprint density at radius 1 is 0.872 bits per heavy atom. The molecule has 5 aromatic rings. The van der Waals surface area contributed by atoms with Gasteiger partial charge in [0.2, 0.25) is 5.78 Å². The van der Waals surface area contributed by atoms with Crippen LogP contribution in [0, 0.1) is 10.1 Å². The van der Waals surface area contributed by atoms with Crippen molar-refractivity contribution >= 4 is 28.3 Å². The smallest absolute Gasteiger partial charge is 0.339 e. The Balaban J connectivity index is 1.56. The summed E-state index contributed by atoms with van der Waals surface area (Å²) in [5, 5.41) is 11.7. The molecule has 1 aromatic heterocycles. The highest BCUT2D eigenvalue weighted by Crippen LogP contribution is 2.30. The van der Waals surface area contributed by atoms with Gasteiger partial charge in [-0.15, -0.1) is 0 Å². The topological polar surface area (TPSA) is 99.4 Å². The van der Waals surface area contributed by atoms with E-state index in [9.17, 15) is 19.7 Å². The number of ether oxygens (including phenoxy) is 1. The molecular weight excluding hydrogens is 492 g/mol. The van der Waals surface area contributed by atoms with Crippen LogP contribution in [0.25, 0.3) is 22.2 Å². The van der Waals surface area contributed by atoms with Crippen LogP contribution in [-0.4, -0.2) is 21.7 Å². The zero-order chi connectivity index (χ0) is 27.4. The molecule has 4 aromatic carbocycles. The average Bonchev–Trinajstić information content (AvgIpc) is 2.99. The minimum atomic E-state index is -1.31. The SMILES string of the molecule is CCc1ccc(-c2cc(C(=O)O[C@@H](C(=O)c3ccccc3)c3ccc([N+](=O)[O-])cc3)c3ccccc3n2)cc1. The van der Waals surface area contributed by atoms with Crippen LogP contribution < -0.4 is 0 Å². The molecule has 192 valence electrons. The molecule has 0 saturated heterocycles. The average molecular weight is 517 g/mol. The maximum atomic E-state index is 13.7. The molecule has 0 aliphatic heterocycles. The first-order chi connectivity index (χ1) is 18.9. The number of fused-ring (bicyclic) bond motifs is 1. The van der Waals surface area contributed by atoms with Crippen LogP contribution in [0.15, 0.2) is 109 Å². The molecule has 0 fully saturated rings. The largest absolute Gasteiger partial charge is 0.445 e. The first-order valence-electron chi connectivity index (χ1n) is 12.5. The van der Waals surface area contributed by atoms with Gasteiger partial charge in [-0.25, -0.2) is 9.78 Å². The summed E-state index contributed by atoms with van der Waals surface area (Å²) in [7, 11) is 0. The van der Waals surface area contributed by atoms with Gasteiger partial charge in [0.1, 0.15) is 0 Å². The highest BCUT2D eigenvalue weighted by atomic mass is 16.6. The van der Waals surface area contributed by atoms with Crippen LogP contribution in [0.5, 0.6) is 0 Å². The van der Waals surface area contributed by atoms with Gasteiger partial charge < -0.3 is 4.74 Å². The van der Waals surface area contributed by atoms with Crippen LogP contribution in [0.4, 0.5) is 5.69 Å². The van der Waals surface area contributed by atoms with Gasteiger partial charge in [0, 0.05) is 34.2 Å². The number of ketones is 1. The fraction of sp³-hybridized carbons (Fsp3) is 0.0938. The molecule has 0 amide bonds. The summed E-state index contributed by atoms with van der Waals surface area (Å²) in [6.07, 6.45) is -0.400. The third kappa shape index (κ3) is 5.43. The Bertz CT molecular complexity index is 1660. The molecule has 7 nitrogen and oxygen atoms in total. The van der Waals surface area contributed by atoms with Crippen LogP contribution in [0.2, 0.25) is 0 Å². The van der Waals surface area contributed by atoms with Crippen molar-refractivity contribution < 1.29 is 19.2 Å². The quantitative estimate of drug-likeness (QED) is 0.0939. The predicted molar refractivity (Wildman–Crippen MR) is 149 cm³/mol. The van der Waals surface area contributed by atoms with Gasteiger partial charge >= 0.3 is 5.97 Å². The Morgan fingerprint density at radius 3 is 2.21 bits per heavy atom. The molecule has 7 heteroatoms. The number of non-ortho nitro benzene ring substituents is 1. The lowest BCUT2D eigenvalue weighted by Gasteiger charge is -2.18. The summed E-state index contributed by atoms with van der Waals surface area (Å²) in [5.74, 6) is -1.14. The second-order valence-electron chi connectivity index (χ2n) is 8.99. The minimum absolute atomic E-state index is 0.130. The van der Waals surface area contributed by atoms with Crippen molar-refractivity contribution in [3.05, 3.63) is 142 Å². The van der Waals surface area contributed by atoms with Crippen molar-refractivity contribution in [1.29, 1.82) is 0 Å². The second kappa shape index (κ2) is 11.1. The van der Waals surface area contributed by atoms with Gasteiger partial charge in [0.25, 0.3) is 5.69 Å². The third-order valence-electron chi connectivity index (χ3n) is 6.52. The summed E-state index contributed by atoms with van der Waals surface area (Å²) in [6, 6.07) is 30.8. The van der Waals surface area contributed by atoms with Gasteiger partial charge in [-0.1, -0.05) is 79.7 Å². The monoisotopic (exact) mass is 516 g/mol. The minimum Gasteiger partial charge on any atom is -0.445 e. The normalized spacial score (nSPS) is 11.6. The summed E-state index contributed by atoms with van der Waals surface area (Å²) in [4.78, 5) is 42.6. The zero-order valence-corrected chi connectivity index (χ0v) is 21.1. The van der Waals surface area contributed by atoms with E-state index in [2.05, 4.69) is 6.92 Å². The fourth-order valence-corrected chi connectivity index (χ4v) is 4.37. The van der Waals surface area contributed by atoms with Crippen LogP contribution in [-0.2, 0) is 11.2 Å². The number of aromatic nitrogens is 1. The summed E-state index contributed by atoms with van der Waals surface area (Å²) >= 11 is 0. The van der Waals surface area contributed by atoms with Gasteiger partial charge in [0.05, 0.1) is 21.7 Å². The summed E-state index contributed by atoms with van der Waals surface area (Å²) < 4.78 is 5.89. The molecule has 0 unspecified atom stereocenters. The number of aryl methyl sites for hydroxylation is 1. The Kier molecular flexibility index (Phi) is 7.23. The van der Waals surface area contributed by atoms with Crippen molar-refractivity contribution in [2.24, 2.45) is 0 Å². The standard InChI is InChI=1S/C32H24N2O5/c1-2-21-12-14-22(15-13-21)29-20-27(26-10-6-7-11-28(26)33-29)32(36)39-31(30(35)23-8-4-3-5-9-23)24-16-18-25(19-17-24)34(37)38/h3-20,31H,2H2,1H3/t31-/m1/s1. The number of para-hydroxylation sites is 1. The first kappa shape index (κ1) is 25.5. The molecule has 0 aliphatic rings. The van der Waals surface area contributed by atoms with Gasteiger partial charge in [-0.3, -0.25) is 14.9 Å². The lowest BCUT2D eigenvalue weighted by Crippen LogP contribution is -2.20. The van der Waals surface area contributed by atoms with E-state index in [4.69, 9.17) is 9.72 Å². The van der Waals surface area contributed by atoms with E-state index >= 15 is 0 Å². The van der Waals surface area contributed by atoms with E-state index in [1.165, 1.54) is 29.8 Å². The zero-order valence-electron chi connectivity index (χ0n) is 21.1. The molecule has 5 rings (SSSR count). The first-order valence-corrected chi connectivity index (χ1v) is 12.5.